The number of rotatable bonds is 3. The van der Waals surface area contributed by atoms with Crippen LogP contribution in [0.2, 0.25) is 0 Å². The number of aliphatic imine (C=N–C) groups is 1. The molecule has 3 rings (SSSR count). The van der Waals surface area contributed by atoms with Crippen LogP contribution < -0.4 is 5.56 Å². The van der Waals surface area contributed by atoms with Crippen LogP contribution in [0.5, 0.6) is 0 Å². The fourth-order valence-corrected chi connectivity index (χ4v) is 2.22. The summed E-state index contributed by atoms with van der Waals surface area (Å²) in [6.45, 7) is 3.70. The Morgan fingerprint density at radius 1 is 1.27 bits per heavy atom. The molecule has 110 valence electrons. The molecule has 1 aromatic carbocycles. The van der Waals surface area contributed by atoms with Crippen molar-refractivity contribution in [3.05, 3.63) is 52.5 Å². The number of H-pyrrole nitrogens is 2. The highest BCUT2D eigenvalue weighted by Gasteiger charge is 2.12. The summed E-state index contributed by atoms with van der Waals surface area (Å²) in [5.41, 5.74) is 3.12. The number of hydrogen-bond donors (Lipinski definition) is 2. The summed E-state index contributed by atoms with van der Waals surface area (Å²) in [6, 6.07) is 9.33. The first-order chi connectivity index (χ1) is 10.7. The van der Waals surface area contributed by atoms with E-state index in [0.717, 1.165) is 11.0 Å². The molecule has 0 unspecified atom stereocenters. The summed E-state index contributed by atoms with van der Waals surface area (Å²) >= 11 is 0. The molecule has 0 saturated heterocycles. The second-order valence-corrected chi connectivity index (χ2v) is 4.66. The summed E-state index contributed by atoms with van der Waals surface area (Å²) in [6.07, 6.45) is 3.52. The van der Waals surface area contributed by atoms with Gasteiger partial charge in [0.05, 0.1) is 22.3 Å². The highest BCUT2D eigenvalue weighted by Crippen LogP contribution is 2.20. The van der Waals surface area contributed by atoms with Crippen LogP contribution in [0.15, 0.2) is 46.2 Å². The molecule has 3 aromatic rings. The molecule has 0 fully saturated rings. The Hall–Kier alpha value is -3.02. The quantitative estimate of drug-likeness (QED) is 0.728. The van der Waals surface area contributed by atoms with Gasteiger partial charge in [-0.2, -0.15) is 5.10 Å². The smallest absolute Gasteiger partial charge is 0.275 e. The molecule has 22 heavy (non-hydrogen) atoms. The summed E-state index contributed by atoms with van der Waals surface area (Å²) in [5.74, 6) is 0.516. The van der Waals surface area contributed by atoms with Gasteiger partial charge in [-0.3, -0.25) is 9.79 Å². The van der Waals surface area contributed by atoms with Crippen molar-refractivity contribution in [1.82, 2.24) is 20.2 Å². The third-order valence-corrected chi connectivity index (χ3v) is 3.25. The van der Waals surface area contributed by atoms with E-state index in [9.17, 15) is 4.79 Å². The number of aromatic amines is 2. The van der Waals surface area contributed by atoms with Gasteiger partial charge in [-0.05, 0) is 32.0 Å². The van der Waals surface area contributed by atoms with E-state index in [4.69, 9.17) is 0 Å². The molecule has 0 atom stereocenters. The molecule has 2 heterocycles. The summed E-state index contributed by atoms with van der Waals surface area (Å²) in [7, 11) is 0. The monoisotopic (exact) mass is 293 g/mol. The first kappa shape index (κ1) is 13.9. The lowest BCUT2D eigenvalue weighted by atomic mass is 10.2. The van der Waals surface area contributed by atoms with E-state index >= 15 is 0 Å². The average Bonchev–Trinajstić information content (AvgIpc) is 2.97. The van der Waals surface area contributed by atoms with Gasteiger partial charge in [-0.15, -0.1) is 0 Å². The Morgan fingerprint density at radius 2 is 2.09 bits per heavy atom. The minimum Gasteiger partial charge on any atom is -0.338 e. The van der Waals surface area contributed by atoms with E-state index in [1.165, 1.54) is 0 Å². The third-order valence-electron chi connectivity index (χ3n) is 3.25. The molecule has 0 aliphatic carbocycles. The molecule has 0 bridgehead atoms. The SMILES string of the molecule is CC=N/C(=C\C)c1cc(-c2nc3ccccc3[nH]2)c(=O)[nH]n1. The molecule has 0 radical (unpaired) electrons. The number of benzene rings is 1. The molecule has 2 aromatic heterocycles. The Kier molecular flexibility index (Phi) is 3.65. The second-order valence-electron chi connectivity index (χ2n) is 4.66. The zero-order valence-corrected chi connectivity index (χ0v) is 12.3. The lowest BCUT2D eigenvalue weighted by Crippen LogP contribution is -2.13. The van der Waals surface area contributed by atoms with Gasteiger partial charge in [-0.25, -0.2) is 10.1 Å². The number of allylic oxidation sites excluding steroid dienone is 1. The van der Waals surface area contributed by atoms with Crippen molar-refractivity contribution in [2.75, 3.05) is 0 Å². The molecule has 0 aliphatic rings. The van der Waals surface area contributed by atoms with Gasteiger partial charge >= 0.3 is 0 Å². The molecule has 0 saturated carbocycles. The molecular formula is C16H15N5O. The van der Waals surface area contributed by atoms with Gasteiger partial charge in [0.1, 0.15) is 11.5 Å². The first-order valence-corrected chi connectivity index (χ1v) is 6.93. The lowest BCUT2D eigenvalue weighted by Gasteiger charge is -2.02. The highest BCUT2D eigenvalue weighted by molar-refractivity contribution is 5.80. The van der Waals surface area contributed by atoms with Crippen molar-refractivity contribution in [2.45, 2.75) is 13.8 Å². The van der Waals surface area contributed by atoms with Gasteiger partial charge in [-0.1, -0.05) is 18.2 Å². The third kappa shape index (κ3) is 2.46. The Bertz CT molecular complexity index is 900. The van der Waals surface area contributed by atoms with Crippen molar-refractivity contribution in [1.29, 1.82) is 0 Å². The van der Waals surface area contributed by atoms with E-state index in [-0.39, 0.29) is 5.56 Å². The fraction of sp³-hybridized carbons (Fsp3) is 0.125. The molecule has 0 spiro atoms. The number of imidazole rings is 1. The molecular weight excluding hydrogens is 278 g/mol. The Labute approximate surface area is 126 Å². The topological polar surface area (TPSA) is 86.8 Å². The van der Waals surface area contributed by atoms with Crippen LogP contribution in [0.4, 0.5) is 0 Å². The lowest BCUT2D eigenvalue weighted by molar-refractivity contribution is 0.967. The van der Waals surface area contributed by atoms with Crippen LogP contribution in [0.25, 0.3) is 28.1 Å². The van der Waals surface area contributed by atoms with Gasteiger partial charge in [0.15, 0.2) is 0 Å². The van der Waals surface area contributed by atoms with E-state index in [2.05, 4.69) is 25.2 Å². The minimum atomic E-state index is -0.293. The minimum absolute atomic E-state index is 0.293. The van der Waals surface area contributed by atoms with Gasteiger partial charge < -0.3 is 4.98 Å². The van der Waals surface area contributed by atoms with Crippen molar-refractivity contribution in [3.8, 4) is 11.4 Å². The number of aromatic nitrogens is 4. The molecule has 0 aliphatic heterocycles. The summed E-state index contributed by atoms with van der Waals surface area (Å²) in [4.78, 5) is 23.9. The van der Waals surface area contributed by atoms with Crippen molar-refractivity contribution >= 4 is 22.9 Å². The largest absolute Gasteiger partial charge is 0.338 e. The Morgan fingerprint density at radius 3 is 2.82 bits per heavy atom. The number of fused-ring (bicyclic) bond motifs is 1. The van der Waals surface area contributed by atoms with Crippen LogP contribution in [-0.2, 0) is 0 Å². The van der Waals surface area contributed by atoms with Crippen LogP contribution in [-0.4, -0.2) is 26.4 Å². The molecule has 0 amide bonds. The van der Waals surface area contributed by atoms with Crippen LogP contribution in [0.3, 0.4) is 0 Å². The van der Waals surface area contributed by atoms with Crippen LogP contribution in [0, 0.1) is 0 Å². The average molecular weight is 293 g/mol. The second kappa shape index (κ2) is 5.77. The van der Waals surface area contributed by atoms with E-state index in [1.807, 2.05) is 44.2 Å². The highest BCUT2D eigenvalue weighted by atomic mass is 16.1. The van der Waals surface area contributed by atoms with Crippen molar-refractivity contribution < 1.29 is 0 Å². The normalized spacial score (nSPS) is 12.4. The number of nitrogens with zero attached hydrogens (tertiary/aromatic N) is 3. The van der Waals surface area contributed by atoms with E-state index in [0.29, 0.717) is 22.8 Å². The first-order valence-electron chi connectivity index (χ1n) is 6.93. The molecule has 6 heteroatoms. The Balaban J connectivity index is 2.16. The molecule has 2 N–H and O–H groups in total. The zero-order chi connectivity index (χ0) is 15.5. The van der Waals surface area contributed by atoms with Crippen molar-refractivity contribution in [3.63, 3.8) is 0 Å². The predicted molar refractivity (Wildman–Crippen MR) is 87.8 cm³/mol. The maximum Gasteiger partial charge on any atom is 0.275 e. The predicted octanol–water partition coefficient (Wildman–Crippen LogP) is 2.76. The van der Waals surface area contributed by atoms with Gasteiger partial charge in [0.25, 0.3) is 5.56 Å². The standard InChI is InChI=1S/C16H15N5O/c1-3-11(17-4-2)14-9-10(16(22)21-20-14)15-18-12-7-5-6-8-13(12)19-15/h3-9H,1-2H3,(H,18,19)(H,21,22)/b11-3-,17-4?. The fourth-order valence-electron chi connectivity index (χ4n) is 2.22. The van der Waals surface area contributed by atoms with E-state index < -0.39 is 0 Å². The maximum atomic E-state index is 12.1. The van der Waals surface area contributed by atoms with Gasteiger partial charge in [0, 0.05) is 6.21 Å². The van der Waals surface area contributed by atoms with E-state index in [1.54, 1.807) is 12.3 Å². The zero-order valence-electron chi connectivity index (χ0n) is 12.3. The number of nitrogens with one attached hydrogen (secondary N) is 2. The summed E-state index contributed by atoms with van der Waals surface area (Å²) in [5, 5.41) is 6.55. The van der Waals surface area contributed by atoms with Gasteiger partial charge in [0.2, 0.25) is 0 Å². The molecule has 6 nitrogen and oxygen atoms in total. The maximum absolute atomic E-state index is 12.1. The number of para-hydroxylation sites is 2. The van der Waals surface area contributed by atoms with Crippen molar-refractivity contribution in [2.24, 2.45) is 4.99 Å². The summed E-state index contributed by atoms with van der Waals surface area (Å²) < 4.78 is 0. The number of hydrogen-bond acceptors (Lipinski definition) is 4. The van der Waals surface area contributed by atoms with Crippen LogP contribution in [0.1, 0.15) is 19.5 Å². The van der Waals surface area contributed by atoms with Crippen LogP contribution >= 0.6 is 0 Å².